The number of hydrogen-bond acceptors (Lipinski definition) is 6. The van der Waals surface area contributed by atoms with Gasteiger partial charge in [0.15, 0.2) is 16.3 Å². The van der Waals surface area contributed by atoms with Gasteiger partial charge in [-0.25, -0.2) is 9.38 Å². The number of aryl methyl sites for hydroxylation is 1. The van der Waals surface area contributed by atoms with Crippen molar-refractivity contribution in [1.29, 1.82) is 0 Å². The molecule has 6 nitrogen and oxygen atoms in total. The molecule has 0 amide bonds. The minimum absolute atomic E-state index is 0.0541. The van der Waals surface area contributed by atoms with Gasteiger partial charge in [0.1, 0.15) is 18.2 Å². The molecule has 1 atom stereocenters. The first-order chi connectivity index (χ1) is 23.5. The molecule has 8 rings (SSSR count). The molecule has 5 aromatic carbocycles. The first-order valence-electron chi connectivity index (χ1n) is 15.8. The van der Waals surface area contributed by atoms with Crippen LogP contribution in [-0.4, -0.2) is 18.8 Å². The van der Waals surface area contributed by atoms with Gasteiger partial charge in [0.25, 0.3) is 5.56 Å². The van der Waals surface area contributed by atoms with Crippen molar-refractivity contribution in [2.45, 2.75) is 25.5 Å². The fraction of sp³-hybridized carbons (Fsp3) is 0.150. The Hall–Kier alpha value is -5.47. The topological polar surface area (TPSA) is 62.0 Å². The van der Waals surface area contributed by atoms with Crippen LogP contribution in [0.4, 0.5) is 4.39 Å². The molecule has 238 valence electrons. The fourth-order valence-electron chi connectivity index (χ4n) is 6.80. The van der Waals surface area contributed by atoms with E-state index in [4.69, 9.17) is 19.2 Å². The van der Waals surface area contributed by atoms with Crippen molar-refractivity contribution in [2.24, 2.45) is 4.99 Å². The van der Waals surface area contributed by atoms with Gasteiger partial charge in [-0.3, -0.25) is 9.36 Å². The van der Waals surface area contributed by atoms with Crippen molar-refractivity contribution >= 4 is 33.9 Å². The van der Waals surface area contributed by atoms with Crippen LogP contribution < -0.4 is 29.1 Å². The van der Waals surface area contributed by atoms with Crippen LogP contribution in [0.15, 0.2) is 118 Å². The van der Waals surface area contributed by atoms with Gasteiger partial charge in [0, 0.05) is 16.7 Å². The summed E-state index contributed by atoms with van der Waals surface area (Å²) in [7, 11) is 3.23. The Morgan fingerprint density at radius 3 is 2.50 bits per heavy atom. The second-order valence-corrected chi connectivity index (χ2v) is 12.8. The summed E-state index contributed by atoms with van der Waals surface area (Å²) in [6.07, 6.45) is 3.53. The molecule has 2 heterocycles. The molecule has 0 N–H and O–H groups in total. The number of fused-ring (bicyclic) bond motifs is 4. The number of hydrogen-bond donors (Lipinski definition) is 0. The summed E-state index contributed by atoms with van der Waals surface area (Å²) < 4.78 is 34.3. The van der Waals surface area contributed by atoms with Gasteiger partial charge >= 0.3 is 0 Å². The van der Waals surface area contributed by atoms with E-state index >= 15 is 0 Å². The van der Waals surface area contributed by atoms with E-state index in [1.54, 1.807) is 32.4 Å². The van der Waals surface area contributed by atoms with E-state index in [0.717, 1.165) is 51.6 Å². The maximum Gasteiger partial charge on any atom is 0.271 e. The third-order valence-corrected chi connectivity index (χ3v) is 10.1. The molecule has 1 aromatic heterocycles. The Balaban J connectivity index is 1.33. The molecular weight excluding hydrogens is 624 g/mol. The molecule has 8 heteroatoms. The Kier molecular flexibility index (Phi) is 7.65. The Labute approximate surface area is 280 Å². The van der Waals surface area contributed by atoms with Gasteiger partial charge in [0.05, 0.1) is 30.5 Å². The lowest BCUT2D eigenvalue weighted by Gasteiger charge is -2.31. The van der Waals surface area contributed by atoms with Crippen LogP contribution in [0.3, 0.4) is 0 Å². The smallest absolute Gasteiger partial charge is 0.271 e. The SMILES string of the molecule is COc1ccc([C@H]2C3=C(N=c4s/c(=C/c5c(OCc6ccccc6F)ccc6ccccc56)c(=O)n42)c2ccccc2CC3)cc1OC. The third kappa shape index (κ3) is 5.09. The number of allylic oxidation sites excluding steroid dienone is 1. The second kappa shape index (κ2) is 12.3. The summed E-state index contributed by atoms with van der Waals surface area (Å²) in [6, 6.07) is 32.2. The van der Waals surface area contributed by atoms with Gasteiger partial charge in [-0.05, 0) is 70.7 Å². The van der Waals surface area contributed by atoms with Crippen molar-refractivity contribution in [1.82, 2.24) is 4.57 Å². The molecule has 2 aliphatic rings. The van der Waals surface area contributed by atoms with E-state index in [1.807, 2.05) is 71.3 Å². The van der Waals surface area contributed by atoms with Gasteiger partial charge < -0.3 is 14.2 Å². The van der Waals surface area contributed by atoms with Crippen LogP contribution in [0.5, 0.6) is 17.2 Å². The van der Waals surface area contributed by atoms with Crippen molar-refractivity contribution in [2.75, 3.05) is 14.2 Å². The number of aromatic nitrogens is 1. The lowest BCUT2D eigenvalue weighted by atomic mass is 9.83. The lowest BCUT2D eigenvalue weighted by molar-refractivity contribution is 0.299. The molecule has 0 spiro atoms. The van der Waals surface area contributed by atoms with Crippen LogP contribution in [0.2, 0.25) is 0 Å². The largest absolute Gasteiger partial charge is 0.493 e. The third-order valence-electron chi connectivity index (χ3n) is 9.14. The molecule has 0 saturated heterocycles. The highest BCUT2D eigenvalue weighted by Gasteiger charge is 2.33. The Morgan fingerprint density at radius 2 is 1.65 bits per heavy atom. The van der Waals surface area contributed by atoms with Gasteiger partial charge in [-0.2, -0.15) is 0 Å². The number of benzene rings is 5. The molecule has 0 bridgehead atoms. The number of ether oxygens (including phenoxy) is 3. The van der Waals surface area contributed by atoms with Crippen molar-refractivity contribution in [3.8, 4) is 17.2 Å². The monoisotopic (exact) mass is 654 g/mol. The highest BCUT2D eigenvalue weighted by Crippen LogP contribution is 2.43. The van der Waals surface area contributed by atoms with Gasteiger partial charge in [0.2, 0.25) is 0 Å². The molecule has 0 fully saturated rings. The molecule has 0 unspecified atom stereocenters. The number of methoxy groups -OCH3 is 2. The summed E-state index contributed by atoms with van der Waals surface area (Å²) in [5.41, 5.74) is 6.35. The summed E-state index contributed by atoms with van der Waals surface area (Å²) in [5.74, 6) is 1.46. The van der Waals surface area contributed by atoms with Crippen LogP contribution in [0.1, 0.15) is 40.3 Å². The zero-order valence-electron chi connectivity index (χ0n) is 26.4. The first kappa shape index (κ1) is 29.9. The first-order valence-corrected chi connectivity index (χ1v) is 16.6. The summed E-state index contributed by atoms with van der Waals surface area (Å²) in [5, 5.41) is 1.93. The average Bonchev–Trinajstić information content (AvgIpc) is 3.44. The fourth-order valence-corrected chi connectivity index (χ4v) is 7.78. The standard InChI is InChI=1S/C40H31FN2O4S/c1-45-34-20-17-26(21-35(34)46-2)38-30-18-15-25-10-4-7-13-29(25)37(30)42-40-43(38)39(44)36(48-40)22-31-28-12-6-3-9-24(28)16-19-33(31)47-23-27-11-5-8-14-32(27)41/h3-14,16-17,19-22,38H,15,18,23H2,1-2H3/b36-22+/t38-/m0/s1. The minimum Gasteiger partial charge on any atom is -0.493 e. The maximum absolute atomic E-state index is 14.6. The Morgan fingerprint density at radius 1 is 0.875 bits per heavy atom. The van der Waals surface area contributed by atoms with Crippen LogP contribution >= 0.6 is 11.3 Å². The van der Waals surface area contributed by atoms with Crippen LogP contribution in [0.25, 0.3) is 22.5 Å². The van der Waals surface area contributed by atoms with E-state index in [-0.39, 0.29) is 24.0 Å². The lowest BCUT2D eigenvalue weighted by Crippen LogP contribution is -2.38. The molecule has 48 heavy (non-hydrogen) atoms. The normalized spacial score (nSPS) is 15.4. The zero-order chi connectivity index (χ0) is 32.8. The van der Waals surface area contributed by atoms with E-state index in [0.29, 0.717) is 32.1 Å². The van der Waals surface area contributed by atoms with Crippen LogP contribution in [-0.2, 0) is 13.0 Å². The van der Waals surface area contributed by atoms with Gasteiger partial charge in [-0.1, -0.05) is 90.2 Å². The predicted octanol–water partition coefficient (Wildman–Crippen LogP) is 7.21. The second-order valence-electron chi connectivity index (χ2n) is 11.8. The molecule has 1 aliphatic carbocycles. The van der Waals surface area contributed by atoms with Crippen molar-refractivity contribution < 1.29 is 18.6 Å². The maximum atomic E-state index is 14.6. The van der Waals surface area contributed by atoms with Crippen molar-refractivity contribution in [3.05, 3.63) is 162 Å². The summed E-state index contributed by atoms with van der Waals surface area (Å²) in [6.45, 7) is 0.0541. The summed E-state index contributed by atoms with van der Waals surface area (Å²) in [4.78, 5) is 20.4. The average molecular weight is 655 g/mol. The molecule has 1 aliphatic heterocycles. The summed E-state index contributed by atoms with van der Waals surface area (Å²) >= 11 is 1.36. The van der Waals surface area contributed by atoms with Gasteiger partial charge in [-0.15, -0.1) is 0 Å². The quantitative estimate of drug-likeness (QED) is 0.183. The highest BCUT2D eigenvalue weighted by molar-refractivity contribution is 7.07. The van der Waals surface area contributed by atoms with E-state index < -0.39 is 0 Å². The Bertz CT molecular complexity index is 2440. The van der Waals surface area contributed by atoms with E-state index in [9.17, 15) is 9.18 Å². The highest BCUT2D eigenvalue weighted by atomic mass is 32.1. The number of halogens is 1. The number of rotatable bonds is 7. The molecule has 0 radical (unpaired) electrons. The number of nitrogens with zero attached hydrogens (tertiary/aromatic N) is 2. The van der Waals surface area contributed by atoms with E-state index in [1.165, 1.54) is 23.0 Å². The zero-order valence-corrected chi connectivity index (χ0v) is 27.2. The molecular formula is C40H31FN2O4S. The minimum atomic E-state index is -0.379. The molecule has 0 saturated carbocycles. The van der Waals surface area contributed by atoms with Crippen molar-refractivity contribution in [3.63, 3.8) is 0 Å². The molecule has 6 aromatic rings. The number of thiazole rings is 1. The predicted molar refractivity (Wildman–Crippen MR) is 187 cm³/mol. The van der Waals surface area contributed by atoms with E-state index in [2.05, 4.69) is 18.2 Å². The van der Waals surface area contributed by atoms with Crippen LogP contribution in [0, 0.1) is 5.82 Å².